The fourth-order valence-electron chi connectivity index (χ4n) is 2.22. The van der Waals surface area contributed by atoms with Crippen LogP contribution in [-0.4, -0.2) is 12.8 Å². The molecule has 0 aromatic carbocycles. The maximum Gasteiger partial charge on any atom is 0.0414 e. The van der Waals surface area contributed by atoms with Crippen LogP contribution < -0.4 is 5.43 Å². The molecule has 0 aliphatic heterocycles. The molecule has 2 nitrogen and oxygen atoms in total. The van der Waals surface area contributed by atoms with E-state index in [-0.39, 0.29) is 0 Å². The fraction of sp³-hybridized carbons (Fsp3) is 0.917. The Bertz CT molecular complexity index is 195. The summed E-state index contributed by atoms with van der Waals surface area (Å²) >= 11 is 0. The van der Waals surface area contributed by atoms with Gasteiger partial charge in [-0.25, -0.2) is 0 Å². The molecule has 1 saturated carbocycles. The average Bonchev–Trinajstić information content (AvgIpc) is 2.52. The molecule has 0 atom stereocenters. The van der Waals surface area contributed by atoms with Crippen LogP contribution in [0.3, 0.4) is 0 Å². The number of hydrazone groups is 1. The van der Waals surface area contributed by atoms with Crippen molar-refractivity contribution in [3.05, 3.63) is 0 Å². The summed E-state index contributed by atoms with van der Waals surface area (Å²) in [7, 11) is 1.90. The van der Waals surface area contributed by atoms with Crippen LogP contribution in [0.5, 0.6) is 0 Å². The molecule has 0 radical (unpaired) electrons. The lowest BCUT2D eigenvalue weighted by Crippen LogP contribution is -2.21. The molecule has 1 rings (SSSR count). The van der Waals surface area contributed by atoms with Crippen LogP contribution in [0, 0.1) is 11.3 Å². The molecule has 0 saturated heterocycles. The van der Waals surface area contributed by atoms with Crippen LogP contribution in [-0.2, 0) is 0 Å². The quantitative estimate of drug-likeness (QED) is 0.544. The largest absolute Gasteiger partial charge is 0.313 e. The highest BCUT2D eigenvalue weighted by Gasteiger charge is 2.24. The zero-order valence-corrected chi connectivity index (χ0v) is 10.1. The summed E-state index contributed by atoms with van der Waals surface area (Å²) in [6.07, 6.45) is 6.58. The van der Waals surface area contributed by atoms with Crippen molar-refractivity contribution in [2.24, 2.45) is 16.4 Å². The molecule has 14 heavy (non-hydrogen) atoms. The van der Waals surface area contributed by atoms with Crippen molar-refractivity contribution in [1.82, 2.24) is 5.43 Å². The van der Waals surface area contributed by atoms with Crippen molar-refractivity contribution in [2.45, 2.75) is 52.9 Å². The van der Waals surface area contributed by atoms with Gasteiger partial charge in [-0.2, -0.15) is 5.10 Å². The van der Waals surface area contributed by atoms with E-state index < -0.39 is 0 Å². The van der Waals surface area contributed by atoms with E-state index in [4.69, 9.17) is 0 Å². The third kappa shape index (κ3) is 3.69. The molecule has 2 heteroatoms. The Balaban J connectivity index is 2.59. The van der Waals surface area contributed by atoms with Gasteiger partial charge in [-0.15, -0.1) is 0 Å². The van der Waals surface area contributed by atoms with Crippen LogP contribution in [0.15, 0.2) is 5.10 Å². The highest BCUT2D eigenvalue weighted by Crippen LogP contribution is 2.31. The van der Waals surface area contributed by atoms with E-state index in [9.17, 15) is 0 Å². The maximum absolute atomic E-state index is 4.46. The van der Waals surface area contributed by atoms with Gasteiger partial charge in [-0.05, 0) is 30.6 Å². The van der Waals surface area contributed by atoms with E-state index in [1.807, 2.05) is 7.05 Å². The fourth-order valence-corrected chi connectivity index (χ4v) is 2.22. The molecule has 0 unspecified atom stereocenters. The third-order valence-electron chi connectivity index (χ3n) is 2.79. The summed E-state index contributed by atoms with van der Waals surface area (Å²) < 4.78 is 0. The minimum Gasteiger partial charge on any atom is -0.313 e. The standard InChI is InChI=1S/C12H24N2/c1-12(2,3)9-11(14-13-4)10-7-5-6-8-10/h10,13H,5-9H2,1-4H3. The SMILES string of the molecule is CNN=C(CC(C)(C)C)C1CCCC1. The van der Waals surface area contributed by atoms with Crippen molar-refractivity contribution in [2.75, 3.05) is 7.05 Å². The third-order valence-corrected chi connectivity index (χ3v) is 2.79. The van der Waals surface area contributed by atoms with E-state index in [0.29, 0.717) is 5.41 Å². The minimum absolute atomic E-state index is 0.359. The van der Waals surface area contributed by atoms with Crippen LogP contribution in [0.4, 0.5) is 0 Å². The predicted octanol–water partition coefficient (Wildman–Crippen LogP) is 3.19. The average molecular weight is 196 g/mol. The lowest BCUT2D eigenvalue weighted by molar-refractivity contribution is 0.423. The first kappa shape index (κ1) is 11.5. The summed E-state index contributed by atoms with van der Waals surface area (Å²) in [6.45, 7) is 6.85. The van der Waals surface area contributed by atoms with Crippen LogP contribution in [0.2, 0.25) is 0 Å². The molecular formula is C12H24N2. The van der Waals surface area contributed by atoms with Gasteiger partial charge in [0.1, 0.15) is 0 Å². The molecule has 0 amide bonds. The zero-order chi connectivity index (χ0) is 10.6. The van der Waals surface area contributed by atoms with Gasteiger partial charge in [0.2, 0.25) is 0 Å². The molecule has 1 N–H and O–H groups in total. The van der Waals surface area contributed by atoms with Gasteiger partial charge in [-0.3, -0.25) is 0 Å². The number of hydrogen-bond donors (Lipinski definition) is 1. The minimum atomic E-state index is 0.359. The summed E-state index contributed by atoms with van der Waals surface area (Å²) in [5.41, 5.74) is 4.70. The van der Waals surface area contributed by atoms with E-state index in [1.165, 1.54) is 31.4 Å². The molecule has 0 aromatic heterocycles. The second-order valence-corrected chi connectivity index (χ2v) is 5.55. The summed E-state index contributed by atoms with van der Waals surface area (Å²) in [5.74, 6) is 0.752. The topological polar surface area (TPSA) is 24.4 Å². The van der Waals surface area contributed by atoms with Gasteiger partial charge in [0.25, 0.3) is 0 Å². The summed E-state index contributed by atoms with van der Waals surface area (Å²) in [5, 5.41) is 4.46. The number of nitrogens with one attached hydrogen (secondary N) is 1. The van der Waals surface area contributed by atoms with E-state index >= 15 is 0 Å². The van der Waals surface area contributed by atoms with Gasteiger partial charge in [0, 0.05) is 12.8 Å². The Kier molecular flexibility index (Phi) is 3.97. The number of rotatable bonds is 3. The van der Waals surface area contributed by atoms with Crippen molar-refractivity contribution in [1.29, 1.82) is 0 Å². The molecule has 1 fully saturated rings. The van der Waals surface area contributed by atoms with Crippen molar-refractivity contribution in [3.63, 3.8) is 0 Å². The summed E-state index contributed by atoms with van der Waals surface area (Å²) in [4.78, 5) is 0. The maximum atomic E-state index is 4.46. The zero-order valence-electron chi connectivity index (χ0n) is 10.1. The predicted molar refractivity (Wildman–Crippen MR) is 62.5 cm³/mol. The first-order valence-corrected chi connectivity index (χ1v) is 5.76. The van der Waals surface area contributed by atoms with Gasteiger partial charge in [0.15, 0.2) is 0 Å². The van der Waals surface area contributed by atoms with E-state index in [1.54, 1.807) is 0 Å². The number of hydrogen-bond acceptors (Lipinski definition) is 2. The van der Waals surface area contributed by atoms with Gasteiger partial charge >= 0.3 is 0 Å². The second-order valence-electron chi connectivity index (χ2n) is 5.55. The van der Waals surface area contributed by atoms with Gasteiger partial charge < -0.3 is 5.43 Å². The molecule has 1 aliphatic carbocycles. The molecule has 0 aromatic rings. The Morgan fingerprint density at radius 1 is 1.29 bits per heavy atom. The molecular weight excluding hydrogens is 172 g/mol. The van der Waals surface area contributed by atoms with Crippen molar-refractivity contribution >= 4 is 5.71 Å². The highest BCUT2D eigenvalue weighted by molar-refractivity contribution is 5.87. The van der Waals surface area contributed by atoms with Crippen LogP contribution in [0.1, 0.15) is 52.9 Å². The van der Waals surface area contributed by atoms with E-state index in [2.05, 4.69) is 31.3 Å². The van der Waals surface area contributed by atoms with E-state index in [0.717, 1.165) is 12.3 Å². The lowest BCUT2D eigenvalue weighted by Gasteiger charge is -2.22. The van der Waals surface area contributed by atoms with Gasteiger partial charge in [-0.1, -0.05) is 33.6 Å². The van der Waals surface area contributed by atoms with Crippen molar-refractivity contribution < 1.29 is 0 Å². The second kappa shape index (κ2) is 4.81. The van der Waals surface area contributed by atoms with Gasteiger partial charge in [0.05, 0.1) is 0 Å². The molecule has 0 heterocycles. The Morgan fingerprint density at radius 3 is 2.29 bits per heavy atom. The Hall–Kier alpha value is -0.530. The normalized spacial score (nSPS) is 20.1. The van der Waals surface area contributed by atoms with Crippen LogP contribution >= 0.6 is 0 Å². The summed E-state index contributed by atoms with van der Waals surface area (Å²) in [6, 6.07) is 0. The van der Waals surface area contributed by atoms with Crippen molar-refractivity contribution in [3.8, 4) is 0 Å². The Morgan fingerprint density at radius 2 is 1.86 bits per heavy atom. The Labute approximate surface area is 88.2 Å². The molecule has 82 valence electrons. The molecule has 0 bridgehead atoms. The molecule has 0 spiro atoms. The first-order chi connectivity index (χ1) is 6.53. The highest BCUT2D eigenvalue weighted by atomic mass is 15.3. The smallest absolute Gasteiger partial charge is 0.0414 e. The monoisotopic (exact) mass is 196 g/mol. The first-order valence-electron chi connectivity index (χ1n) is 5.76. The number of nitrogens with zero attached hydrogens (tertiary/aromatic N) is 1. The van der Waals surface area contributed by atoms with Crippen LogP contribution in [0.25, 0.3) is 0 Å². The molecule has 1 aliphatic rings. The lowest BCUT2D eigenvalue weighted by atomic mass is 9.84.